The lowest BCUT2D eigenvalue weighted by Gasteiger charge is -2.21. The van der Waals surface area contributed by atoms with Crippen molar-refractivity contribution in [3.63, 3.8) is 0 Å². The third-order valence-electron chi connectivity index (χ3n) is 15.9. The lowest BCUT2D eigenvalue weighted by Crippen LogP contribution is -2.29. The number of phosphoric acid groups is 2. The standard InChI is InChI=1S/C85H140O16P2/c1-4-7-10-13-16-19-22-25-28-31-34-36-38-39-41-43-45-47-50-53-56-59-62-65-68-71-83(88)95-74-80(86)75-97-102(91,92)98-76-81(87)77-99-103(93,94)100-79-82(101-85(90)73-70-67-64-61-58-55-52-49-44-33-30-27-24-21-18-15-12-9-6-3)78-96-84(89)72-69-66-63-60-57-54-51-48-46-42-40-37-35-32-29-26-23-20-17-14-11-8-5-2/h9,12,16-21,25-30,34-37,39,41-42,44,46,49,55,58,64,67,80-82,86-87H,4-8,10-11,13-15,22-24,31-33,38,40,43,45,47-48,50-54,56-57,59-63,65-66,68-79H2,1-3H3,(H,91,92)(H,93,94)/b12-9-,19-16-,20-17-,21-18-,28-25-,29-26-,30-27-,36-34-,37-35-,41-39-,46-42-,49-44-,58-55-,67-64-. The van der Waals surface area contributed by atoms with Crippen LogP contribution in [-0.4, -0.2) is 95.9 Å². The molecule has 16 nitrogen and oxygen atoms in total. The molecule has 0 aromatic carbocycles. The van der Waals surface area contributed by atoms with Gasteiger partial charge in [0, 0.05) is 19.3 Å². The van der Waals surface area contributed by atoms with Crippen molar-refractivity contribution in [2.24, 2.45) is 0 Å². The van der Waals surface area contributed by atoms with Crippen LogP contribution in [0.5, 0.6) is 0 Å². The monoisotopic (exact) mass is 1480 g/mol. The molecule has 18 heteroatoms. The average molecular weight is 1480 g/mol. The minimum Gasteiger partial charge on any atom is -0.463 e. The zero-order valence-corrected chi connectivity index (χ0v) is 65.7. The second kappa shape index (κ2) is 76.6. The molecule has 0 aromatic heterocycles. The number of esters is 3. The first-order valence-electron chi connectivity index (χ1n) is 39.4. The molecule has 0 amide bonds. The van der Waals surface area contributed by atoms with Crippen molar-refractivity contribution in [1.82, 2.24) is 0 Å². The molecular formula is C85H140O16P2. The van der Waals surface area contributed by atoms with E-state index in [0.717, 1.165) is 148 Å². The second-order valence-corrected chi connectivity index (χ2v) is 28.7. The van der Waals surface area contributed by atoms with E-state index in [0.29, 0.717) is 25.7 Å². The summed E-state index contributed by atoms with van der Waals surface area (Å²) >= 11 is 0. The number of carbonyl (C=O) groups is 3. The lowest BCUT2D eigenvalue weighted by molar-refractivity contribution is -0.161. The minimum atomic E-state index is -4.96. The lowest BCUT2D eigenvalue weighted by atomic mass is 10.1. The number of carbonyl (C=O) groups excluding carboxylic acids is 3. The van der Waals surface area contributed by atoms with Crippen molar-refractivity contribution in [2.45, 2.75) is 309 Å². The molecule has 0 aromatic rings. The zero-order chi connectivity index (χ0) is 75.2. The van der Waals surface area contributed by atoms with Gasteiger partial charge in [0.1, 0.15) is 25.4 Å². The van der Waals surface area contributed by atoms with Crippen molar-refractivity contribution in [3.05, 3.63) is 170 Å². The molecule has 0 saturated heterocycles. The van der Waals surface area contributed by atoms with Crippen LogP contribution in [0.4, 0.5) is 0 Å². The fourth-order valence-corrected chi connectivity index (χ4v) is 11.5. The molecule has 0 rings (SSSR count). The molecular weight excluding hydrogens is 1340 g/mol. The highest BCUT2D eigenvalue weighted by molar-refractivity contribution is 7.47. The van der Waals surface area contributed by atoms with E-state index < -0.39 is 91.5 Å². The molecule has 5 atom stereocenters. The summed E-state index contributed by atoms with van der Waals surface area (Å²) in [6.07, 6.45) is 96.9. The first-order chi connectivity index (χ1) is 50.2. The Kier molecular flexibility index (Phi) is 72.8. The maximum absolute atomic E-state index is 13.0. The smallest absolute Gasteiger partial charge is 0.463 e. The molecule has 0 saturated carbocycles. The predicted molar refractivity (Wildman–Crippen MR) is 426 cm³/mol. The number of aliphatic hydroxyl groups is 2. The van der Waals surface area contributed by atoms with E-state index >= 15 is 0 Å². The zero-order valence-electron chi connectivity index (χ0n) is 63.9. The number of rotatable bonds is 73. The molecule has 0 bridgehead atoms. The third kappa shape index (κ3) is 77.8. The molecule has 0 radical (unpaired) electrons. The Balaban J connectivity index is 4.74. The normalized spacial score (nSPS) is 14.9. The van der Waals surface area contributed by atoms with Crippen molar-refractivity contribution in [1.29, 1.82) is 0 Å². The van der Waals surface area contributed by atoms with Gasteiger partial charge >= 0.3 is 33.6 Å². The molecule has 4 N–H and O–H groups in total. The highest BCUT2D eigenvalue weighted by Crippen LogP contribution is 2.45. The van der Waals surface area contributed by atoms with Gasteiger partial charge in [-0.15, -0.1) is 0 Å². The Morgan fingerprint density at radius 3 is 0.854 bits per heavy atom. The molecule has 0 spiro atoms. The van der Waals surface area contributed by atoms with Gasteiger partial charge in [-0.05, 0) is 148 Å². The highest BCUT2D eigenvalue weighted by Gasteiger charge is 2.29. The number of aliphatic hydroxyl groups excluding tert-OH is 2. The Morgan fingerprint density at radius 2 is 0.534 bits per heavy atom. The van der Waals surface area contributed by atoms with Gasteiger partial charge in [-0.3, -0.25) is 32.5 Å². The van der Waals surface area contributed by atoms with Gasteiger partial charge in [-0.2, -0.15) is 0 Å². The number of unbranched alkanes of at least 4 members (excludes halogenated alkanes) is 22. The molecule has 5 unspecified atom stereocenters. The number of ether oxygens (including phenoxy) is 3. The van der Waals surface area contributed by atoms with Crippen molar-refractivity contribution < 1.29 is 75.8 Å². The maximum atomic E-state index is 13.0. The maximum Gasteiger partial charge on any atom is 0.472 e. The van der Waals surface area contributed by atoms with Gasteiger partial charge in [0.2, 0.25) is 0 Å². The topological polar surface area (TPSA) is 231 Å². The summed E-state index contributed by atoms with van der Waals surface area (Å²) < 4.78 is 61.1. The number of phosphoric ester groups is 2. The van der Waals surface area contributed by atoms with Crippen LogP contribution >= 0.6 is 15.6 Å². The SMILES string of the molecule is CC/C=C\C/C=C\C/C=C\C/C=C\C/C=C\C/C=C\CCC(=O)OC(COC(=O)CCCCCCCCC/C=C\C/C=C\C/C=C\C/C=C\CCCCC)COP(=O)(O)OCC(O)COP(=O)(O)OCC(O)COC(=O)CCCCCCCCCCC/C=C\C/C=C\C/C=C\C/C=C\CCCCC. The molecule has 586 valence electrons. The molecule has 0 heterocycles. The Labute approximate surface area is 624 Å². The van der Waals surface area contributed by atoms with Crippen LogP contribution in [0.3, 0.4) is 0 Å². The van der Waals surface area contributed by atoms with Crippen molar-refractivity contribution in [3.8, 4) is 0 Å². The first kappa shape index (κ1) is 97.9. The predicted octanol–water partition coefficient (Wildman–Crippen LogP) is 23.2. The van der Waals surface area contributed by atoms with E-state index in [1.807, 2.05) is 18.2 Å². The fourth-order valence-electron chi connectivity index (χ4n) is 9.92. The number of allylic oxidation sites excluding steroid dienone is 28. The highest BCUT2D eigenvalue weighted by atomic mass is 31.2. The van der Waals surface area contributed by atoms with E-state index in [2.05, 4.69) is 173 Å². The van der Waals surface area contributed by atoms with Crippen molar-refractivity contribution >= 4 is 33.6 Å². The second-order valence-electron chi connectivity index (χ2n) is 25.8. The van der Waals surface area contributed by atoms with E-state index in [1.54, 1.807) is 0 Å². The van der Waals surface area contributed by atoms with Gasteiger partial charge in [-0.1, -0.05) is 294 Å². The van der Waals surface area contributed by atoms with Gasteiger partial charge in [0.25, 0.3) is 0 Å². The van der Waals surface area contributed by atoms with E-state index in [4.69, 9.17) is 32.3 Å². The van der Waals surface area contributed by atoms with Crippen LogP contribution in [0, 0.1) is 0 Å². The third-order valence-corrected chi connectivity index (χ3v) is 17.8. The van der Waals surface area contributed by atoms with E-state index in [9.17, 15) is 43.5 Å². The summed E-state index contributed by atoms with van der Waals surface area (Å²) in [6, 6.07) is 0. The first-order valence-corrected chi connectivity index (χ1v) is 42.4. The number of hydrogen-bond acceptors (Lipinski definition) is 14. The molecule has 0 fully saturated rings. The summed E-state index contributed by atoms with van der Waals surface area (Å²) in [5.74, 6) is -1.70. The van der Waals surface area contributed by atoms with Gasteiger partial charge < -0.3 is 34.2 Å². The van der Waals surface area contributed by atoms with Gasteiger partial charge in [-0.25, -0.2) is 9.13 Å². The van der Waals surface area contributed by atoms with Gasteiger partial charge in [0.15, 0.2) is 6.10 Å². The van der Waals surface area contributed by atoms with Crippen LogP contribution in [0.1, 0.15) is 290 Å². The van der Waals surface area contributed by atoms with Crippen LogP contribution in [-0.2, 0) is 55.8 Å². The Bertz CT molecular complexity index is 2550. The Morgan fingerprint density at radius 1 is 0.282 bits per heavy atom. The van der Waals surface area contributed by atoms with Gasteiger partial charge in [0.05, 0.1) is 26.4 Å². The summed E-state index contributed by atoms with van der Waals surface area (Å²) in [5, 5.41) is 20.6. The van der Waals surface area contributed by atoms with Crippen LogP contribution < -0.4 is 0 Å². The summed E-state index contributed by atoms with van der Waals surface area (Å²) in [6.45, 7) is 2.39. The molecule has 0 aliphatic carbocycles. The van der Waals surface area contributed by atoms with Crippen LogP contribution in [0.25, 0.3) is 0 Å². The summed E-state index contributed by atoms with van der Waals surface area (Å²) in [5.41, 5.74) is 0. The van der Waals surface area contributed by atoms with Crippen LogP contribution in [0.15, 0.2) is 170 Å². The molecule has 103 heavy (non-hydrogen) atoms. The minimum absolute atomic E-state index is 0.0297. The largest absolute Gasteiger partial charge is 0.472 e. The quantitative estimate of drug-likeness (QED) is 0.0146. The fraction of sp³-hybridized carbons (Fsp3) is 0.635. The average Bonchev–Trinajstić information content (AvgIpc) is 0.988. The summed E-state index contributed by atoms with van der Waals surface area (Å²) in [4.78, 5) is 58.7. The number of hydrogen-bond donors (Lipinski definition) is 4. The van der Waals surface area contributed by atoms with E-state index in [-0.39, 0.29) is 19.3 Å². The molecule has 0 aliphatic heterocycles. The van der Waals surface area contributed by atoms with Crippen LogP contribution in [0.2, 0.25) is 0 Å². The Hall–Kier alpha value is -5.09. The molecule has 0 aliphatic rings. The summed E-state index contributed by atoms with van der Waals surface area (Å²) in [7, 11) is -9.84. The van der Waals surface area contributed by atoms with E-state index in [1.165, 1.54) is 77.0 Å². The van der Waals surface area contributed by atoms with Crippen molar-refractivity contribution in [2.75, 3.05) is 39.6 Å².